The van der Waals surface area contributed by atoms with Crippen LogP contribution in [-0.2, 0) is 29.6 Å². The highest BCUT2D eigenvalue weighted by Crippen LogP contribution is 2.57. The number of carbonyl (C=O) groups excluding carboxylic acids is 4. The van der Waals surface area contributed by atoms with Gasteiger partial charge in [0.15, 0.2) is 18.9 Å². The molecular formula is C27H18N4O9. The standard InChI is InChI=1S/C27H18N4O9/c28-30-29-14-37-16-6-8-20-22(12-16)38-21-11-15(36-13-25(34)40-31-23(32)9-10-24(31)33)5-7-19(21)27(20)18-4-2-1-3-17(18)26(35)39-27/h1-8,11-12H,9-10,13-14H2. The van der Waals surface area contributed by atoms with E-state index >= 15 is 0 Å². The van der Waals surface area contributed by atoms with Crippen molar-refractivity contribution in [2.45, 2.75) is 18.4 Å². The molecule has 6 rings (SSSR count). The molecule has 0 N–H and O–H groups in total. The van der Waals surface area contributed by atoms with Crippen LogP contribution in [0.5, 0.6) is 23.0 Å². The maximum absolute atomic E-state index is 13.0. The molecule has 1 unspecified atom stereocenters. The number of esters is 1. The summed E-state index contributed by atoms with van der Waals surface area (Å²) in [4.78, 5) is 56.1. The van der Waals surface area contributed by atoms with Crippen molar-refractivity contribution < 1.29 is 43.0 Å². The molecule has 40 heavy (non-hydrogen) atoms. The molecule has 0 radical (unpaired) electrons. The van der Waals surface area contributed by atoms with E-state index in [0.717, 1.165) is 0 Å². The molecule has 1 fully saturated rings. The average molecular weight is 542 g/mol. The van der Waals surface area contributed by atoms with Gasteiger partial charge >= 0.3 is 11.9 Å². The molecule has 3 aromatic rings. The molecule has 0 saturated carbocycles. The summed E-state index contributed by atoms with van der Waals surface area (Å²) in [5.41, 5.74) is 9.28. The third-order valence-corrected chi connectivity index (χ3v) is 6.56. The maximum Gasteiger partial charge on any atom is 0.370 e. The van der Waals surface area contributed by atoms with E-state index in [1.54, 1.807) is 54.6 Å². The van der Waals surface area contributed by atoms with E-state index in [-0.39, 0.29) is 31.1 Å². The van der Waals surface area contributed by atoms with Crippen LogP contribution in [0.4, 0.5) is 0 Å². The molecule has 0 bridgehead atoms. The first-order chi connectivity index (χ1) is 19.4. The van der Waals surface area contributed by atoms with Crippen molar-refractivity contribution in [3.05, 3.63) is 93.4 Å². The van der Waals surface area contributed by atoms with E-state index < -0.39 is 36.0 Å². The molecule has 13 nitrogen and oxygen atoms in total. The fourth-order valence-corrected chi connectivity index (χ4v) is 4.87. The number of nitrogens with zero attached hydrogens (tertiary/aromatic N) is 4. The van der Waals surface area contributed by atoms with Gasteiger partial charge in [0.1, 0.15) is 23.0 Å². The van der Waals surface area contributed by atoms with Gasteiger partial charge in [-0.15, -0.1) is 5.06 Å². The van der Waals surface area contributed by atoms with Crippen molar-refractivity contribution in [1.29, 1.82) is 0 Å². The average Bonchev–Trinajstić information content (AvgIpc) is 3.43. The van der Waals surface area contributed by atoms with Gasteiger partial charge in [-0.25, -0.2) is 9.59 Å². The number of rotatable bonds is 7. The third kappa shape index (κ3) is 4.01. The number of benzene rings is 3. The summed E-state index contributed by atoms with van der Waals surface area (Å²) in [7, 11) is 0. The lowest BCUT2D eigenvalue weighted by Gasteiger charge is -2.36. The quantitative estimate of drug-likeness (QED) is 0.141. The Balaban J connectivity index is 1.34. The Labute approximate surface area is 225 Å². The lowest BCUT2D eigenvalue weighted by Crippen LogP contribution is -2.34. The first-order valence-electron chi connectivity index (χ1n) is 12.0. The minimum absolute atomic E-state index is 0.0235. The van der Waals surface area contributed by atoms with Crippen LogP contribution >= 0.6 is 0 Å². The molecule has 13 heteroatoms. The van der Waals surface area contributed by atoms with E-state index in [0.29, 0.717) is 38.8 Å². The number of ether oxygens (including phenoxy) is 4. The Hall–Kier alpha value is -5.55. The monoisotopic (exact) mass is 542 g/mol. The van der Waals surface area contributed by atoms with Gasteiger partial charge in [0.05, 0.1) is 5.56 Å². The normalized spacial score (nSPS) is 18.2. The first-order valence-corrected chi connectivity index (χ1v) is 12.0. The van der Waals surface area contributed by atoms with Crippen molar-refractivity contribution in [2.24, 2.45) is 5.11 Å². The van der Waals surface area contributed by atoms with Crippen LogP contribution in [0, 0.1) is 0 Å². The van der Waals surface area contributed by atoms with Crippen molar-refractivity contribution in [3.8, 4) is 23.0 Å². The van der Waals surface area contributed by atoms with Crippen molar-refractivity contribution >= 4 is 23.8 Å². The van der Waals surface area contributed by atoms with Gasteiger partial charge in [-0.1, -0.05) is 23.3 Å². The topological polar surface area (TPSA) is 166 Å². The lowest BCUT2D eigenvalue weighted by atomic mass is 9.77. The Bertz CT molecular complexity index is 1630. The molecule has 3 aliphatic rings. The summed E-state index contributed by atoms with van der Waals surface area (Å²) in [6.45, 7) is -0.829. The number of fused-ring (bicyclic) bond motifs is 6. The molecule has 1 atom stereocenters. The van der Waals surface area contributed by atoms with Gasteiger partial charge in [0.2, 0.25) is 0 Å². The first kappa shape index (κ1) is 24.8. The van der Waals surface area contributed by atoms with Crippen molar-refractivity contribution in [2.75, 3.05) is 13.3 Å². The van der Waals surface area contributed by atoms with Crippen LogP contribution in [-0.4, -0.2) is 42.2 Å². The summed E-state index contributed by atoms with van der Waals surface area (Å²) in [6, 6.07) is 16.7. The molecule has 3 aliphatic heterocycles. The largest absolute Gasteiger partial charge is 0.487 e. The van der Waals surface area contributed by atoms with E-state index in [1.807, 2.05) is 0 Å². The molecule has 1 spiro atoms. The van der Waals surface area contributed by atoms with E-state index in [1.165, 1.54) is 6.07 Å². The van der Waals surface area contributed by atoms with Crippen molar-refractivity contribution in [3.63, 3.8) is 0 Å². The van der Waals surface area contributed by atoms with Crippen LogP contribution < -0.4 is 14.2 Å². The van der Waals surface area contributed by atoms with E-state index in [4.69, 9.17) is 29.3 Å². The lowest BCUT2D eigenvalue weighted by molar-refractivity contribution is -0.198. The Morgan fingerprint density at radius 2 is 1.57 bits per heavy atom. The fourth-order valence-electron chi connectivity index (χ4n) is 4.87. The van der Waals surface area contributed by atoms with Crippen molar-refractivity contribution in [1.82, 2.24) is 5.06 Å². The SMILES string of the molecule is [N-]=[N+]=NCOc1ccc2c(c1)Oc1cc(OCC(=O)ON3C(=O)CCC3=O)ccc1C21OC(=O)c2ccccc21. The number of hydroxylamine groups is 2. The molecular weight excluding hydrogens is 524 g/mol. The second-order valence-corrected chi connectivity index (χ2v) is 8.87. The van der Waals surface area contributed by atoms with E-state index in [2.05, 4.69) is 10.0 Å². The zero-order valence-corrected chi connectivity index (χ0v) is 20.6. The number of amides is 2. The van der Waals surface area contributed by atoms with Gasteiger partial charge in [-0.3, -0.25) is 9.59 Å². The zero-order valence-electron chi connectivity index (χ0n) is 20.6. The van der Waals surface area contributed by atoms with Gasteiger partial charge in [0, 0.05) is 46.6 Å². The number of imide groups is 1. The summed E-state index contributed by atoms with van der Waals surface area (Å²) < 4.78 is 23.3. The smallest absolute Gasteiger partial charge is 0.370 e. The van der Waals surface area contributed by atoms with Gasteiger partial charge in [-0.2, -0.15) is 0 Å². The predicted octanol–water partition coefficient (Wildman–Crippen LogP) is 3.89. The van der Waals surface area contributed by atoms with Crippen LogP contribution in [0.15, 0.2) is 65.8 Å². The van der Waals surface area contributed by atoms with E-state index in [9.17, 15) is 19.2 Å². The summed E-state index contributed by atoms with van der Waals surface area (Å²) in [5, 5.41) is 3.81. The maximum atomic E-state index is 13.0. The number of hydrogen-bond acceptors (Lipinski definition) is 10. The highest BCUT2D eigenvalue weighted by molar-refractivity contribution is 6.01. The fraction of sp³-hybridized carbons (Fsp3) is 0.185. The van der Waals surface area contributed by atoms with Crippen LogP contribution in [0.25, 0.3) is 10.4 Å². The molecule has 3 aromatic carbocycles. The van der Waals surface area contributed by atoms with Gasteiger partial charge in [-0.05, 0) is 35.9 Å². The Morgan fingerprint density at radius 1 is 0.925 bits per heavy atom. The molecule has 2 amide bonds. The van der Waals surface area contributed by atoms with Gasteiger partial charge < -0.3 is 23.8 Å². The second-order valence-electron chi connectivity index (χ2n) is 8.87. The Kier molecular flexibility index (Phi) is 5.97. The molecule has 3 heterocycles. The second kappa shape index (κ2) is 9.64. The van der Waals surface area contributed by atoms with Crippen LogP contribution in [0.3, 0.4) is 0 Å². The van der Waals surface area contributed by atoms with Crippen LogP contribution in [0.2, 0.25) is 0 Å². The van der Waals surface area contributed by atoms with Gasteiger partial charge in [0.25, 0.3) is 11.8 Å². The van der Waals surface area contributed by atoms with Crippen LogP contribution in [0.1, 0.15) is 39.9 Å². The third-order valence-electron chi connectivity index (χ3n) is 6.56. The summed E-state index contributed by atoms with van der Waals surface area (Å²) in [6.07, 6.45) is -0.0469. The molecule has 200 valence electrons. The zero-order chi connectivity index (χ0) is 27.9. The molecule has 0 aromatic heterocycles. The number of hydrogen-bond donors (Lipinski definition) is 0. The molecule has 0 aliphatic carbocycles. The summed E-state index contributed by atoms with van der Waals surface area (Å²) in [5.74, 6) is -1.49. The predicted molar refractivity (Wildman–Crippen MR) is 132 cm³/mol. The number of carbonyl (C=O) groups is 4. The highest BCUT2D eigenvalue weighted by atomic mass is 16.7. The molecule has 1 saturated heterocycles. The minimum Gasteiger partial charge on any atom is -0.487 e. The minimum atomic E-state index is -1.34. The number of azide groups is 1. The summed E-state index contributed by atoms with van der Waals surface area (Å²) >= 11 is 0. The Morgan fingerprint density at radius 3 is 2.25 bits per heavy atom. The highest BCUT2D eigenvalue weighted by Gasteiger charge is 2.53.